The van der Waals surface area contributed by atoms with Crippen molar-refractivity contribution in [2.24, 2.45) is 5.73 Å². The van der Waals surface area contributed by atoms with Crippen LogP contribution < -0.4 is 5.73 Å². The van der Waals surface area contributed by atoms with Gasteiger partial charge in [-0.25, -0.2) is 0 Å². The van der Waals surface area contributed by atoms with Gasteiger partial charge in [0.25, 0.3) is 0 Å². The molecule has 4 heteroatoms. The van der Waals surface area contributed by atoms with Crippen molar-refractivity contribution in [3.8, 4) is 0 Å². The first-order valence-electron chi connectivity index (χ1n) is 4.56. The topological polar surface area (TPSA) is 76.2 Å². The van der Waals surface area contributed by atoms with Gasteiger partial charge in [-0.1, -0.05) is 13.0 Å². The zero-order valence-corrected chi connectivity index (χ0v) is 8.10. The van der Waals surface area contributed by atoms with Crippen LogP contribution in [0.3, 0.4) is 0 Å². The van der Waals surface area contributed by atoms with Crippen LogP contribution in [0.15, 0.2) is 18.3 Å². The van der Waals surface area contributed by atoms with Gasteiger partial charge in [0.1, 0.15) is 6.04 Å². The van der Waals surface area contributed by atoms with Crippen molar-refractivity contribution in [1.29, 1.82) is 0 Å². The highest BCUT2D eigenvalue weighted by atomic mass is 16.4. The van der Waals surface area contributed by atoms with Gasteiger partial charge in [0.15, 0.2) is 0 Å². The summed E-state index contributed by atoms with van der Waals surface area (Å²) >= 11 is 0. The minimum atomic E-state index is -0.988. The number of pyridine rings is 1. The lowest BCUT2D eigenvalue weighted by molar-refractivity contribution is -0.138. The minimum Gasteiger partial charge on any atom is -0.480 e. The number of carboxylic acid groups (broad SMARTS) is 1. The van der Waals surface area contributed by atoms with E-state index in [0.29, 0.717) is 6.42 Å². The molecule has 76 valence electrons. The molecule has 0 saturated carbocycles. The number of hydrogen-bond acceptors (Lipinski definition) is 3. The average molecular weight is 194 g/mol. The van der Waals surface area contributed by atoms with Gasteiger partial charge in [0, 0.05) is 18.3 Å². The minimum absolute atomic E-state index is 0.291. The molecule has 1 rings (SSSR count). The molecule has 0 aromatic carbocycles. The number of carboxylic acids is 1. The van der Waals surface area contributed by atoms with E-state index in [9.17, 15) is 4.79 Å². The maximum atomic E-state index is 10.6. The van der Waals surface area contributed by atoms with E-state index >= 15 is 0 Å². The first-order chi connectivity index (χ1) is 6.65. The molecule has 0 amide bonds. The van der Waals surface area contributed by atoms with Crippen LogP contribution in [0.2, 0.25) is 0 Å². The summed E-state index contributed by atoms with van der Waals surface area (Å²) in [6.45, 7) is 2.01. The van der Waals surface area contributed by atoms with Crippen LogP contribution in [-0.4, -0.2) is 22.1 Å². The molecule has 1 aromatic heterocycles. The molecule has 0 bridgehead atoms. The van der Waals surface area contributed by atoms with Crippen molar-refractivity contribution in [3.63, 3.8) is 0 Å². The van der Waals surface area contributed by atoms with Gasteiger partial charge in [0.2, 0.25) is 0 Å². The van der Waals surface area contributed by atoms with Gasteiger partial charge >= 0.3 is 5.97 Å². The summed E-state index contributed by atoms with van der Waals surface area (Å²) in [4.78, 5) is 14.7. The lowest BCUT2D eigenvalue weighted by Gasteiger charge is -2.08. The van der Waals surface area contributed by atoms with Gasteiger partial charge in [-0.15, -0.1) is 0 Å². The molecule has 0 spiro atoms. The van der Waals surface area contributed by atoms with Gasteiger partial charge < -0.3 is 10.8 Å². The van der Waals surface area contributed by atoms with Crippen LogP contribution in [0.1, 0.15) is 18.2 Å². The summed E-state index contributed by atoms with van der Waals surface area (Å²) in [5.74, 6) is -0.988. The van der Waals surface area contributed by atoms with Crippen LogP contribution in [-0.2, 0) is 17.6 Å². The number of hydrogen-bond donors (Lipinski definition) is 2. The molecule has 1 aromatic rings. The number of aryl methyl sites for hydroxylation is 1. The number of carbonyl (C=O) groups is 1. The Labute approximate surface area is 82.8 Å². The maximum absolute atomic E-state index is 10.6. The molecule has 0 aliphatic heterocycles. The number of aliphatic carboxylic acids is 1. The summed E-state index contributed by atoms with van der Waals surface area (Å²) < 4.78 is 0. The Morgan fingerprint density at radius 2 is 2.43 bits per heavy atom. The Morgan fingerprint density at radius 1 is 1.71 bits per heavy atom. The summed E-state index contributed by atoms with van der Waals surface area (Å²) in [5.41, 5.74) is 7.27. The van der Waals surface area contributed by atoms with Crippen LogP contribution in [0.5, 0.6) is 0 Å². The first-order valence-corrected chi connectivity index (χ1v) is 4.56. The average Bonchev–Trinajstić information content (AvgIpc) is 2.18. The van der Waals surface area contributed by atoms with Crippen LogP contribution in [0.25, 0.3) is 0 Å². The molecule has 3 N–H and O–H groups in total. The van der Waals surface area contributed by atoms with Crippen molar-refractivity contribution in [2.45, 2.75) is 25.8 Å². The number of nitrogens with zero attached hydrogens (tertiary/aromatic N) is 1. The van der Waals surface area contributed by atoms with Gasteiger partial charge in [-0.05, 0) is 18.1 Å². The second-order valence-electron chi connectivity index (χ2n) is 3.11. The van der Waals surface area contributed by atoms with E-state index in [2.05, 4.69) is 4.98 Å². The Kier molecular flexibility index (Phi) is 3.59. The third-order valence-electron chi connectivity index (χ3n) is 2.10. The molecule has 0 saturated heterocycles. The lowest BCUT2D eigenvalue weighted by atomic mass is 10.1. The molecular weight excluding hydrogens is 180 g/mol. The Bertz CT molecular complexity index is 326. The highest BCUT2D eigenvalue weighted by Gasteiger charge is 2.14. The Morgan fingerprint density at radius 3 is 3.00 bits per heavy atom. The van der Waals surface area contributed by atoms with Crippen molar-refractivity contribution >= 4 is 5.97 Å². The molecule has 0 fully saturated rings. The van der Waals surface area contributed by atoms with Gasteiger partial charge in [-0.3, -0.25) is 9.78 Å². The third-order valence-corrected chi connectivity index (χ3v) is 2.10. The van der Waals surface area contributed by atoms with E-state index in [-0.39, 0.29) is 0 Å². The second kappa shape index (κ2) is 4.72. The van der Waals surface area contributed by atoms with Crippen LogP contribution >= 0.6 is 0 Å². The highest BCUT2D eigenvalue weighted by Crippen LogP contribution is 2.08. The molecule has 4 nitrogen and oxygen atoms in total. The van der Waals surface area contributed by atoms with Gasteiger partial charge in [0.05, 0.1) is 0 Å². The zero-order chi connectivity index (χ0) is 10.6. The first kappa shape index (κ1) is 10.7. The summed E-state index contributed by atoms with van der Waals surface area (Å²) in [6.07, 6.45) is 2.79. The molecule has 1 heterocycles. The SMILES string of the molecule is CCc1cccnc1C[C@@H](N)C(=O)O. The number of rotatable bonds is 4. The van der Waals surface area contributed by atoms with E-state index in [1.165, 1.54) is 0 Å². The highest BCUT2D eigenvalue weighted by molar-refractivity contribution is 5.73. The maximum Gasteiger partial charge on any atom is 0.320 e. The molecule has 14 heavy (non-hydrogen) atoms. The van der Waals surface area contributed by atoms with E-state index in [0.717, 1.165) is 17.7 Å². The zero-order valence-electron chi connectivity index (χ0n) is 8.10. The Hall–Kier alpha value is -1.42. The fraction of sp³-hybridized carbons (Fsp3) is 0.400. The van der Waals surface area contributed by atoms with Crippen molar-refractivity contribution in [3.05, 3.63) is 29.6 Å². The van der Waals surface area contributed by atoms with E-state index in [1.54, 1.807) is 6.20 Å². The smallest absolute Gasteiger partial charge is 0.320 e. The molecule has 0 aliphatic carbocycles. The fourth-order valence-electron chi connectivity index (χ4n) is 1.27. The third kappa shape index (κ3) is 2.53. The van der Waals surface area contributed by atoms with Crippen molar-refractivity contribution < 1.29 is 9.90 Å². The van der Waals surface area contributed by atoms with E-state index < -0.39 is 12.0 Å². The van der Waals surface area contributed by atoms with Crippen molar-refractivity contribution in [1.82, 2.24) is 4.98 Å². The lowest BCUT2D eigenvalue weighted by Crippen LogP contribution is -2.32. The van der Waals surface area contributed by atoms with Crippen molar-refractivity contribution in [2.75, 3.05) is 0 Å². The van der Waals surface area contributed by atoms with Gasteiger partial charge in [-0.2, -0.15) is 0 Å². The molecule has 0 radical (unpaired) electrons. The Balaban J connectivity index is 2.80. The summed E-state index contributed by atoms with van der Waals surface area (Å²) in [5, 5.41) is 8.65. The molecule has 0 unspecified atom stereocenters. The number of nitrogens with two attached hydrogens (primary N) is 1. The molecular formula is C10H14N2O2. The summed E-state index contributed by atoms with van der Waals surface area (Å²) in [7, 11) is 0. The van der Waals surface area contributed by atoms with E-state index in [4.69, 9.17) is 10.8 Å². The monoisotopic (exact) mass is 194 g/mol. The number of aromatic nitrogens is 1. The molecule has 1 atom stereocenters. The normalized spacial score (nSPS) is 12.4. The standard InChI is InChI=1S/C10H14N2O2/c1-2-7-4-3-5-12-9(7)6-8(11)10(13)14/h3-5,8H,2,6,11H2,1H3,(H,13,14)/t8-/m1/s1. The fourth-order valence-corrected chi connectivity index (χ4v) is 1.27. The molecule has 0 aliphatic rings. The quantitative estimate of drug-likeness (QED) is 0.735. The second-order valence-corrected chi connectivity index (χ2v) is 3.11. The van der Waals surface area contributed by atoms with Crippen LogP contribution in [0, 0.1) is 0 Å². The van der Waals surface area contributed by atoms with Crippen LogP contribution in [0.4, 0.5) is 0 Å². The predicted octanol–water partition coefficient (Wildman–Crippen LogP) is 0.598. The predicted molar refractivity (Wildman–Crippen MR) is 52.9 cm³/mol. The summed E-state index contributed by atoms with van der Waals surface area (Å²) in [6, 6.07) is 2.92. The largest absolute Gasteiger partial charge is 0.480 e. The van der Waals surface area contributed by atoms with E-state index in [1.807, 2.05) is 19.1 Å².